The minimum atomic E-state index is -4.74. The number of hydrogen-bond donors (Lipinski definition) is 2. The second kappa shape index (κ2) is 9.44. The zero-order chi connectivity index (χ0) is 24.5. The van der Waals surface area contributed by atoms with Gasteiger partial charge in [-0.2, -0.15) is 18.2 Å². The highest BCUT2D eigenvalue weighted by atomic mass is 19.4. The molecule has 1 aliphatic carbocycles. The maximum absolute atomic E-state index is 13.5. The van der Waals surface area contributed by atoms with E-state index in [4.69, 9.17) is 0 Å². The Morgan fingerprint density at radius 3 is 2.35 bits per heavy atom. The molecule has 2 aromatic carbocycles. The van der Waals surface area contributed by atoms with Gasteiger partial charge in [0.15, 0.2) is 0 Å². The third kappa shape index (κ3) is 5.21. The van der Waals surface area contributed by atoms with E-state index >= 15 is 0 Å². The van der Waals surface area contributed by atoms with Gasteiger partial charge in [0.05, 0.1) is 16.6 Å². The molecule has 0 spiro atoms. The van der Waals surface area contributed by atoms with E-state index < -0.39 is 29.0 Å². The van der Waals surface area contributed by atoms with Gasteiger partial charge in [-0.25, -0.2) is 9.37 Å². The molecule has 0 atom stereocenters. The zero-order valence-electron chi connectivity index (χ0n) is 18.8. The summed E-state index contributed by atoms with van der Waals surface area (Å²) >= 11 is 0. The van der Waals surface area contributed by atoms with Crippen LogP contribution in [0.25, 0.3) is 10.9 Å². The van der Waals surface area contributed by atoms with Crippen molar-refractivity contribution in [1.82, 2.24) is 15.3 Å². The molecule has 1 amide bonds. The number of amides is 1. The number of nitrogens with zero attached hydrogens (tertiary/aromatic N) is 3. The van der Waals surface area contributed by atoms with Crippen molar-refractivity contribution in [3.8, 4) is 0 Å². The van der Waals surface area contributed by atoms with Crippen LogP contribution in [0.15, 0.2) is 42.5 Å². The second-order valence-corrected chi connectivity index (χ2v) is 8.64. The molecule has 1 aliphatic rings. The van der Waals surface area contributed by atoms with Crippen LogP contribution < -0.4 is 15.5 Å². The predicted molar refractivity (Wildman–Crippen MR) is 122 cm³/mol. The first-order valence-electron chi connectivity index (χ1n) is 11.0. The number of nitrogens with one attached hydrogen (secondary N) is 2. The summed E-state index contributed by atoms with van der Waals surface area (Å²) in [7, 11) is 3.82. The van der Waals surface area contributed by atoms with Gasteiger partial charge in [-0.15, -0.1) is 0 Å². The molecule has 1 heterocycles. The summed E-state index contributed by atoms with van der Waals surface area (Å²) in [6, 6.07) is 9.41. The monoisotopic (exact) mass is 475 g/mol. The summed E-state index contributed by atoms with van der Waals surface area (Å²) in [4.78, 5) is 23.7. The predicted octanol–water partition coefficient (Wildman–Crippen LogP) is 5.01. The summed E-state index contributed by atoms with van der Waals surface area (Å²) in [6.07, 6.45) is -2.27. The fourth-order valence-electron chi connectivity index (χ4n) is 4.24. The lowest BCUT2D eigenvalue weighted by atomic mass is 9.91. The van der Waals surface area contributed by atoms with E-state index in [0.29, 0.717) is 49.8 Å². The van der Waals surface area contributed by atoms with Crippen LogP contribution in [-0.4, -0.2) is 42.1 Å². The summed E-state index contributed by atoms with van der Waals surface area (Å²) < 4.78 is 53.2. The molecule has 0 bridgehead atoms. The maximum atomic E-state index is 13.5. The van der Waals surface area contributed by atoms with Crippen LogP contribution in [0.5, 0.6) is 0 Å². The Balaban J connectivity index is 1.40. The molecule has 10 heteroatoms. The van der Waals surface area contributed by atoms with Crippen molar-refractivity contribution in [2.24, 2.45) is 0 Å². The van der Waals surface area contributed by atoms with Crippen molar-refractivity contribution in [1.29, 1.82) is 0 Å². The molecular formula is C24H25F4N5O. The fraction of sp³-hybridized carbons (Fsp3) is 0.375. The first kappa shape index (κ1) is 23.7. The van der Waals surface area contributed by atoms with Gasteiger partial charge in [0.25, 0.3) is 5.91 Å². The van der Waals surface area contributed by atoms with Crippen LogP contribution in [-0.2, 0) is 6.18 Å². The van der Waals surface area contributed by atoms with Gasteiger partial charge >= 0.3 is 6.18 Å². The standard InChI is InChI=1S/C24H25F4N5O/c1-33(2)21-17-5-3-4-6-20(17)31-23(32-21)30-16-10-8-15(9-11-16)29-22(34)18-13-14(25)7-12-19(18)24(26,27)28/h3-7,12-13,15-16H,8-11H2,1-2H3,(H,29,34)(H,30,31,32)/t15-,16+. The smallest absolute Gasteiger partial charge is 0.362 e. The lowest BCUT2D eigenvalue weighted by Gasteiger charge is -2.30. The van der Waals surface area contributed by atoms with E-state index in [9.17, 15) is 22.4 Å². The van der Waals surface area contributed by atoms with Crippen LogP contribution in [0, 0.1) is 5.82 Å². The second-order valence-electron chi connectivity index (χ2n) is 8.64. The molecule has 0 unspecified atom stereocenters. The Morgan fingerprint density at radius 1 is 1.00 bits per heavy atom. The number of fused-ring (bicyclic) bond motifs is 1. The number of benzene rings is 2. The number of carbonyl (C=O) groups is 1. The first-order chi connectivity index (χ1) is 16.1. The molecule has 4 rings (SSSR count). The molecule has 1 saturated carbocycles. The van der Waals surface area contributed by atoms with E-state index in [0.717, 1.165) is 16.7 Å². The number of anilines is 2. The molecule has 6 nitrogen and oxygen atoms in total. The van der Waals surface area contributed by atoms with Crippen molar-refractivity contribution >= 4 is 28.6 Å². The Kier molecular flexibility index (Phi) is 6.58. The maximum Gasteiger partial charge on any atom is 0.417 e. The third-order valence-electron chi connectivity index (χ3n) is 5.93. The SMILES string of the molecule is CN(C)c1nc(N[C@H]2CC[C@@H](NC(=O)c3cc(F)ccc3C(F)(F)F)CC2)nc2ccccc12. The topological polar surface area (TPSA) is 70.2 Å². The summed E-state index contributed by atoms with van der Waals surface area (Å²) in [5, 5.41) is 6.93. The Bertz CT molecular complexity index is 1190. The van der Waals surface area contributed by atoms with Gasteiger partial charge in [0.1, 0.15) is 11.6 Å². The highest BCUT2D eigenvalue weighted by Gasteiger charge is 2.36. The van der Waals surface area contributed by atoms with Crippen LogP contribution in [0.2, 0.25) is 0 Å². The van der Waals surface area contributed by atoms with Gasteiger partial charge in [-0.3, -0.25) is 4.79 Å². The molecule has 1 fully saturated rings. The lowest BCUT2D eigenvalue weighted by molar-refractivity contribution is -0.138. The third-order valence-corrected chi connectivity index (χ3v) is 5.93. The van der Waals surface area contributed by atoms with E-state index in [-0.39, 0.29) is 12.1 Å². The Labute approximate surface area is 194 Å². The quantitative estimate of drug-likeness (QED) is 0.508. The Morgan fingerprint density at radius 2 is 1.68 bits per heavy atom. The number of aromatic nitrogens is 2. The van der Waals surface area contributed by atoms with Gasteiger partial charge in [0, 0.05) is 31.6 Å². The van der Waals surface area contributed by atoms with E-state index in [1.54, 1.807) is 0 Å². The lowest BCUT2D eigenvalue weighted by Crippen LogP contribution is -2.41. The number of hydrogen-bond acceptors (Lipinski definition) is 5. The van der Waals surface area contributed by atoms with Gasteiger partial charge in [0.2, 0.25) is 5.95 Å². The molecule has 0 radical (unpaired) electrons. The molecule has 3 aromatic rings. The first-order valence-corrected chi connectivity index (χ1v) is 11.0. The van der Waals surface area contributed by atoms with Gasteiger partial charge in [-0.05, 0) is 56.0 Å². The van der Waals surface area contributed by atoms with E-state index in [1.807, 2.05) is 43.3 Å². The minimum absolute atomic E-state index is 0.0595. The van der Waals surface area contributed by atoms with Crippen molar-refractivity contribution in [3.63, 3.8) is 0 Å². The molecule has 0 aliphatic heterocycles. The normalized spacial score (nSPS) is 18.5. The molecular weight excluding hydrogens is 450 g/mol. The van der Waals surface area contributed by atoms with Crippen molar-refractivity contribution in [2.45, 2.75) is 43.9 Å². The van der Waals surface area contributed by atoms with E-state index in [2.05, 4.69) is 20.6 Å². The molecule has 34 heavy (non-hydrogen) atoms. The molecule has 180 valence electrons. The van der Waals surface area contributed by atoms with E-state index in [1.165, 1.54) is 0 Å². The number of carbonyl (C=O) groups excluding carboxylic acids is 1. The highest BCUT2D eigenvalue weighted by Crippen LogP contribution is 2.33. The van der Waals surface area contributed by atoms with Gasteiger partial charge < -0.3 is 15.5 Å². The zero-order valence-corrected chi connectivity index (χ0v) is 18.8. The van der Waals surface area contributed by atoms with Crippen LogP contribution in [0.4, 0.5) is 29.3 Å². The summed E-state index contributed by atoms with van der Waals surface area (Å²) in [5.41, 5.74) is -1.03. The number of para-hydroxylation sites is 1. The van der Waals surface area contributed by atoms with Crippen LogP contribution >= 0.6 is 0 Å². The fourth-order valence-corrected chi connectivity index (χ4v) is 4.24. The summed E-state index contributed by atoms with van der Waals surface area (Å²) in [6.45, 7) is 0. The van der Waals surface area contributed by atoms with Gasteiger partial charge in [-0.1, -0.05) is 12.1 Å². The highest BCUT2D eigenvalue weighted by molar-refractivity contribution is 5.96. The number of rotatable bonds is 5. The van der Waals surface area contributed by atoms with Crippen LogP contribution in [0.1, 0.15) is 41.6 Å². The largest absolute Gasteiger partial charge is 0.417 e. The average molecular weight is 475 g/mol. The number of alkyl halides is 3. The number of halogens is 4. The minimum Gasteiger partial charge on any atom is -0.362 e. The van der Waals surface area contributed by atoms with Crippen molar-refractivity contribution < 1.29 is 22.4 Å². The summed E-state index contributed by atoms with van der Waals surface area (Å²) in [5.74, 6) is -0.510. The van der Waals surface area contributed by atoms with Crippen molar-refractivity contribution in [2.75, 3.05) is 24.3 Å². The molecule has 0 saturated heterocycles. The van der Waals surface area contributed by atoms with Crippen LogP contribution in [0.3, 0.4) is 0 Å². The Hall–Kier alpha value is -3.43. The molecule has 2 N–H and O–H groups in total. The van der Waals surface area contributed by atoms with Crippen molar-refractivity contribution in [3.05, 3.63) is 59.4 Å². The average Bonchev–Trinajstić information content (AvgIpc) is 2.79. The molecule has 1 aromatic heterocycles.